The van der Waals surface area contributed by atoms with Crippen LogP contribution < -0.4 is 14.8 Å². The second kappa shape index (κ2) is 11.7. The van der Waals surface area contributed by atoms with E-state index < -0.39 is 6.04 Å². The van der Waals surface area contributed by atoms with E-state index in [9.17, 15) is 9.59 Å². The van der Waals surface area contributed by atoms with Gasteiger partial charge >= 0.3 is 0 Å². The summed E-state index contributed by atoms with van der Waals surface area (Å²) >= 11 is 0. The molecule has 0 fully saturated rings. The number of nitrogens with zero attached hydrogens (tertiary/aromatic N) is 1. The average Bonchev–Trinajstić information content (AvgIpc) is 2.76. The van der Waals surface area contributed by atoms with Crippen molar-refractivity contribution in [2.75, 3.05) is 20.3 Å². The van der Waals surface area contributed by atoms with Gasteiger partial charge in [-0.15, -0.1) is 0 Å². The minimum Gasteiger partial charge on any atom is -0.497 e. The summed E-state index contributed by atoms with van der Waals surface area (Å²) < 4.78 is 10.9. The van der Waals surface area contributed by atoms with Crippen molar-refractivity contribution < 1.29 is 19.1 Å². The number of ether oxygens (including phenoxy) is 2. The third-order valence-electron chi connectivity index (χ3n) is 4.53. The summed E-state index contributed by atoms with van der Waals surface area (Å²) in [5, 5.41) is 2.90. The van der Waals surface area contributed by atoms with Gasteiger partial charge in [0.25, 0.3) is 5.91 Å². The van der Waals surface area contributed by atoms with Gasteiger partial charge in [0.2, 0.25) is 5.91 Å². The molecule has 29 heavy (non-hydrogen) atoms. The van der Waals surface area contributed by atoms with Crippen LogP contribution in [0.25, 0.3) is 0 Å². The summed E-state index contributed by atoms with van der Waals surface area (Å²) in [6, 6.07) is 16.1. The molecular weight excluding hydrogens is 368 g/mol. The number of amides is 2. The van der Waals surface area contributed by atoms with Crippen LogP contribution in [0.2, 0.25) is 0 Å². The first-order valence-corrected chi connectivity index (χ1v) is 9.97. The van der Waals surface area contributed by atoms with Gasteiger partial charge in [0.15, 0.2) is 6.61 Å². The fourth-order valence-electron chi connectivity index (χ4n) is 3.00. The summed E-state index contributed by atoms with van der Waals surface area (Å²) in [6.45, 7) is 4.64. The molecule has 0 saturated carbocycles. The van der Waals surface area contributed by atoms with Crippen LogP contribution in [-0.2, 0) is 16.1 Å². The van der Waals surface area contributed by atoms with Crippen LogP contribution in [0.1, 0.15) is 32.3 Å². The van der Waals surface area contributed by atoms with Crippen molar-refractivity contribution in [2.24, 2.45) is 0 Å². The zero-order chi connectivity index (χ0) is 21.1. The van der Waals surface area contributed by atoms with E-state index in [0.717, 1.165) is 12.0 Å². The smallest absolute Gasteiger partial charge is 0.261 e. The maximum Gasteiger partial charge on any atom is 0.261 e. The third kappa shape index (κ3) is 6.82. The Balaban J connectivity index is 2.19. The van der Waals surface area contributed by atoms with Crippen molar-refractivity contribution in [3.8, 4) is 11.5 Å². The molecule has 2 aromatic rings. The van der Waals surface area contributed by atoms with Crippen LogP contribution in [-0.4, -0.2) is 43.0 Å². The molecule has 0 radical (unpaired) electrons. The van der Waals surface area contributed by atoms with Crippen molar-refractivity contribution in [1.29, 1.82) is 0 Å². The monoisotopic (exact) mass is 398 g/mol. The molecule has 1 N–H and O–H groups in total. The highest BCUT2D eigenvalue weighted by molar-refractivity contribution is 5.88. The van der Waals surface area contributed by atoms with E-state index in [1.807, 2.05) is 56.3 Å². The summed E-state index contributed by atoms with van der Waals surface area (Å²) in [6.07, 6.45) is 1.35. The summed E-state index contributed by atoms with van der Waals surface area (Å²) in [7, 11) is 1.60. The van der Waals surface area contributed by atoms with E-state index >= 15 is 0 Å². The highest BCUT2D eigenvalue weighted by Crippen LogP contribution is 2.18. The van der Waals surface area contributed by atoms with E-state index in [1.54, 1.807) is 24.1 Å². The SMILES string of the molecule is CCCNC(=O)C(CC)N(Cc1cccc(OC)c1)C(=O)COc1ccccc1. The zero-order valence-corrected chi connectivity index (χ0v) is 17.4. The van der Waals surface area contributed by atoms with Crippen molar-refractivity contribution in [1.82, 2.24) is 10.2 Å². The van der Waals surface area contributed by atoms with E-state index in [0.29, 0.717) is 31.0 Å². The Labute approximate surface area is 172 Å². The lowest BCUT2D eigenvalue weighted by Gasteiger charge is -2.30. The number of para-hydroxylation sites is 1. The number of nitrogens with one attached hydrogen (secondary N) is 1. The van der Waals surface area contributed by atoms with Crippen LogP contribution in [0.4, 0.5) is 0 Å². The molecule has 6 nitrogen and oxygen atoms in total. The molecule has 1 atom stereocenters. The maximum absolute atomic E-state index is 13.0. The summed E-state index contributed by atoms with van der Waals surface area (Å²) in [4.78, 5) is 27.3. The molecule has 0 heterocycles. The Kier molecular flexibility index (Phi) is 9.02. The molecule has 0 aromatic heterocycles. The second-order valence-electron chi connectivity index (χ2n) is 6.69. The lowest BCUT2D eigenvalue weighted by molar-refractivity contribution is -0.143. The topological polar surface area (TPSA) is 67.9 Å². The number of carbonyl (C=O) groups is 2. The Bertz CT molecular complexity index is 779. The van der Waals surface area contributed by atoms with Crippen molar-refractivity contribution in [3.05, 3.63) is 60.2 Å². The molecule has 0 aliphatic rings. The van der Waals surface area contributed by atoms with Crippen LogP contribution in [0.15, 0.2) is 54.6 Å². The molecule has 2 amide bonds. The fourth-order valence-corrected chi connectivity index (χ4v) is 3.00. The first-order valence-electron chi connectivity index (χ1n) is 9.97. The number of hydrogen-bond donors (Lipinski definition) is 1. The molecule has 0 aliphatic heterocycles. The van der Waals surface area contributed by atoms with Crippen molar-refractivity contribution in [2.45, 2.75) is 39.3 Å². The second-order valence-corrected chi connectivity index (χ2v) is 6.69. The van der Waals surface area contributed by atoms with Gasteiger partial charge in [0, 0.05) is 13.1 Å². The predicted octanol–water partition coefficient (Wildman–Crippen LogP) is 3.41. The molecule has 0 spiro atoms. The van der Waals surface area contributed by atoms with E-state index in [4.69, 9.17) is 9.47 Å². The largest absolute Gasteiger partial charge is 0.497 e. The Hall–Kier alpha value is -3.02. The summed E-state index contributed by atoms with van der Waals surface area (Å²) in [5.74, 6) is 0.935. The molecule has 6 heteroatoms. The molecule has 1 unspecified atom stereocenters. The molecule has 0 saturated heterocycles. The van der Waals surface area contributed by atoms with E-state index in [1.165, 1.54) is 0 Å². The normalized spacial score (nSPS) is 11.4. The first kappa shape index (κ1) is 22.3. The van der Waals surface area contributed by atoms with Gasteiger partial charge in [0.05, 0.1) is 7.11 Å². The Morgan fingerprint density at radius 3 is 2.41 bits per heavy atom. The number of methoxy groups -OCH3 is 1. The Morgan fingerprint density at radius 1 is 1.03 bits per heavy atom. The number of benzene rings is 2. The average molecular weight is 399 g/mol. The van der Waals surface area contributed by atoms with Gasteiger partial charge in [-0.3, -0.25) is 9.59 Å². The quantitative estimate of drug-likeness (QED) is 0.630. The van der Waals surface area contributed by atoms with Crippen molar-refractivity contribution >= 4 is 11.8 Å². The van der Waals surface area contributed by atoms with Crippen LogP contribution >= 0.6 is 0 Å². The van der Waals surface area contributed by atoms with Crippen LogP contribution in [0, 0.1) is 0 Å². The molecular formula is C23H30N2O4. The maximum atomic E-state index is 13.0. The highest BCUT2D eigenvalue weighted by atomic mass is 16.5. The standard InChI is InChI=1S/C23H30N2O4/c1-4-14-24-23(27)21(5-2)25(16-18-10-9-13-20(15-18)28-3)22(26)17-29-19-11-7-6-8-12-19/h6-13,15,21H,4-5,14,16-17H2,1-3H3,(H,24,27). The third-order valence-corrected chi connectivity index (χ3v) is 4.53. The highest BCUT2D eigenvalue weighted by Gasteiger charge is 2.28. The van der Waals surface area contributed by atoms with Crippen molar-refractivity contribution in [3.63, 3.8) is 0 Å². The molecule has 0 bridgehead atoms. The van der Waals surface area contributed by atoms with Gasteiger partial charge in [0.1, 0.15) is 17.5 Å². The van der Waals surface area contributed by atoms with Gasteiger partial charge in [-0.1, -0.05) is 44.2 Å². The minimum absolute atomic E-state index is 0.133. The number of rotatable bonds is 11. The van der Waals surface area contributed by atoms with Crippen LogP contribution in [0.5, 0.6) is 11.5 Å². The van der Waals surface area contributed by atoms with Gasteiger partial charge in [-0.2, -0.15) is 0 Å². The zero-order valence-electron chi connectivity index (χ0n) is 17.4. The fraction of sp³-hybridized carbons (Fsp3) is 0.391. The predicted molar refractivity (Wildman–Crippen MR) is 113 cm³/mol. The molecule has 156 valence electrons. The van der Waals surface area contributed by atoms with E-state index in [-0.39, 0.29) is 18.4 Å². The first-order chi connectivity index (χ1) is 14.1. The number of carbonyl (C=O) groups excluding carboxylic acids is 2. The molecule has 0 aliphatic carbocycles. The molecule has 2 rings (SSSR count). The van der Waals surface area contributed by atoms with Crippen LogP contribution in [0.3, 0.4) is 0 Å². The number of hydrogen-bond acceptors (Lipinski definition) is 4. The summed E-state index contributed by atoms with van der Waals surface area (Å²) in [5.41, 5.74) is 0.888. The van der Waals surface area contributed by atoms with E-state index in [2.05, 4.69) is 5.32 Å². The van der Waals surface area contributed by atoms with Gasteiger partial charge in [-0.25, -0.2) is 0 Å². The lowest BCUT2D eigenvalue weighted by atomic mass is 10.1. The van der Waals surface area contributed by atoms with Gasteiger partial charge in [-0.05, 0) is 42.7 Å². The Morgan fingerprint density at radius 2 is 1.76 bits per heavy atom. The lowest BCUT2D eigenvalue weighted by Crippen LogP contribution is -2.50. The molecule has 2 aromatic carbocycles. The van der Waals surface area contributed by atoms with Gasteiger partial charge < -0.3 is 19.7 Å². The minimum atomic E-state index is -0.570.